The van der Waals surface area contributed by atoms with Crippen LogP contribution in [-0.4, -0.2) is 39.4 Å². The minimum atomic E-state index is -0.353. The monoisotopic (exact) mass is 478 g/mol. The molecule has 0 unspecified atom stereocenters. The number of nitrogens with one attached hydrogen (secondary N) is 3. The largest absolute Gasteiger partial charge is 0.457 e. The third-order valence-corrected chi connectivity index (χ3v) is 5.19. The van der Waals surface area contributed by atoms with E-state index in [2.05, 4.69) is 25.9 Å². The molecule has 4 aromatic rings. The van der Waals surface area contributed by atoms with Gasteiger partial charge in [-0.05, 0) is 42.5 Å². The number of benzene rings is 2. The summed E-state index contributed by atoms with van der Waals surface area (Å²) in [7, 11) is 1.92. The molecule has 3 N–H and O–H groups in total. The van der Waals surface area contributed by atoms with Gasteiger partial charge in [-0.2, -0.15) is 0 Å². The Morgan fingerprint density at radius 1 is 1.00 bits per heavy atom. The minimum Gasteiger partial charge on any atom is -0.457 e. The van der Waals surface area contributed by atoms with Crippen LogP contribution in [0, 0.1) is 0 Å². The molecule has 2 amide bonds. The molecule has 2 aromatic heterocycles. The number of fused-ring (bicyclic) bond motifs is 1. The number of hydrogen-bond donors (Lipinski definition) is 3. The smallest absolute Gasteiger partial charge is 0.270 e. The van der Waals surface area contributed by atoms with Crippen molar-refractivity contribution in [3.05, 3.63) is 71.5 Å². The van der Waals surface area contributed by atoms with Crippen LogP contribution in [0.25, 0.3) is 11.0 Å². The van der Waals surface area contributed by atoms with Gasteiger partial charge in [-0.1, -0.05) is 11.6 Å². The van der Waals surface area contributed by atoms with Crippen LogP contribution in [0.1, 0.15) is 17.4 Å². The molecule has 0 radical (unpaired) electrons. The number of imidazole rings is 1. The molecule has 2 aromatic carbocycles. The van der Waals surface area contributed by atoms with Gasteiger partial charge in [0.1, 0.15) is 17.2 Å². The van der Waals surface area contributed by atoms with Crippen LogP contribution in [-0.2, 0) is 11.8 Å². The van der Waals surface area contributed by atoms with E-state index >= 15 is 0 Å². The first kappa shape index (κ1) is 23.1. The van der Waals surface area contributed by atoms with Crippen molar-refractivity contribution in [2.24, 2.45) is 7.05 Å². The van der Waals surface area contributed by atoms with Gasteiger partial charge in [-0.25, -0.2) is 4.98 Å². The van der Waals surface area contributed by atoms with E-state index in [4.69, 9.17) is 16.3 Å². The van der Waals surface area contributed by atoms with Gasteiger partial charge in [0.25, 0.3) is 5.91 Å². The molecule has 0 aliphatic carbocycles. The van der Waals surface area contributed by atoms with Crippen LogP contribution in [0.15, 0.2) is 60.8 Å². The summed E-state index contributed by atoms with van der Waals surface area (Å²) >= 11 is 5.96. The van der Waals surface area contributed by atoms with E-state index in [9.17, 15) is 9.59 Å². The lowest BCUT2D eigenvalue weighted by molar-refractivity contribution is -0.118. The maximum absolute atomic E-state index is 12.3. The molecule has 0 atom stereocenters. The molecule has 10 heteroatoms. The van der Waals surface area contributed by atoms with E-state index in [1.807, 2.05) is 54.1 Å². The Kier molecular flexibility index (Phi) is 6.93. The maximum Gasteiger partial charge on any atom is 0.270 e. The maximum atomic E-state index is 12.3. The van der Waals surface area contributed by atoms with E-state index in [0.717, 1.165) is 16.7 Å². The number of carbonyl (C=O) groups excluding carboxylic acids is 2. The lowest BCUT2D eigenvalue weighted by atomic mass is 10.3. The summed E-state index contributed by atoms with van der Waals surface area (Å²) in [5, 5.41) is 9.27. The summed E-state index contributed by atoms with van der Waals surface area (Å²) < 4.78 is 7.90. The number of anilines is 2. The zero-order chi connectivity index (χ0) is 24.1. The Labute approximate surface area is 201 Å². The topological polar surface area (TPSA) is 110 Å². The number of aryl methyl sites for hydroxylation is 1. The van der Waals surface area contributed by atoms with E-state index in [0.29, 0.717) is 35.6 Å². The molecule has 0 saturated carbocycles. The normalized spacial score (nSPS) is 10.7. The van der Waals surface area contributed by atoms with Gasteiger partial charge >= 0.3 is 0 Å². The molecular weight excluding hydrogens is 456 g/mol. The quantitative estimate of drug-likeness (QED) is 0.330. The molecule has 0 aliphatic heterocycles. The summed E-state index contributed by atoms with van der Waals surface area (Å²) in [5.74, 6) is 1.22. The van der Waals surface area contributed by atoms with Crippen LogP contribution < -0.4 is 20.7 Å². The molecule has 0 bridgehead atoms. The van der Waals surface area contributed by atoms with E-state index in [1.165, 1.54) is 13.1 Å². The Bertz CT molecular complexity index is 1340. The average molecular weight is 479 g/mol. The first-order valence-electron chi connectivity index (χ1n) is 10.5. The summed E-state index contributed by atoms with van der Waals surface area (Å²) in [5.41, 5.74) is 2.77. The second-order valence-corrected chi connectivity index (χ2v) is 7.93. The fourth-order valence-electron chi connectivity index (χ4n) is 3.26. The van der Waals surface area contributed by atoms with E-state index < -0.39 is 0 Å². The first-order valence-corrected chi connectivity index (χ1v) is 10.9. The molecule has 0 saturated heterocycles. The summed E-state index contributed by atoms with van der Waals surface area (Å²) in [6.45, 7) is 2.06. The van der Waals surface area contributed by atoms with Crippen molar-refractivity contribution in [2.45, 2.75) is 6.92 Å². The third-order valence-electron chi connectivity index (χ3n) is 4.94. The van der Waals surface area contributed by atoms with Crippen molar-refractivity contribution in [1.82, 2.24) is 25.2 Å². The fraction of sp³-hybridized carbons (Fsp3) is 0.167. The van der Waals surface area contributed by atoms with Crippen molar-refractivity contribution in [1.29, 1.82) is 0 Å². The Morgan fingerprint density at radius 3 is 2.50 bits per heavy atom. The number of nitrogens with zero attached hydrogens (tertiary/aromatic N) is 3. The number of pyridine rings is 1. The number of carbonyl (C=O) groups is 2. The van der Waals surface area contributed by atoms with Gasteiger partial charge in [0.05, 0.1) is 11.0 Å². The number of rotatable bonds is 8. The molecule has 9 nitrogen and oxygen atoms in total. The van der Waals surface area contributed by atoms with Gasteiger partial charge in [-0.15, -0.1) is 0 Å². The van der Waals surface area contributed by atoms with Crippen molar-refractivity contribution in [3.8, 4) is 11.5 Å². The number of halogens is 1. The second-order valence-electron chi connectivity index (χ2n) is 7.49. The van der Waals surface area contributed by atoms with Crippen molar-refractivity contribution in [3.63, 3.8) is 0 Å². The van der Waals surface area contributed by atoms with Crippen LogP contribution in [0.2, 0.25) is 5.02 Å². The Balaban J connectivity index is 1.46. The average Bonchev–Trinajstić information content (AvgIpc) is 3.12. The zero-order valence-corrected chi connectivity index (χ0v) is 19.4. The SMILES string of the molecule is CC(=O)NCCNC(=O)c1cc(Oc2ccc3c(c2)nc(Nc2ccc(Cl)cc2)n3C)ccn1. The highest BCUT2D eigenvalue weighted by Crippen LogP contribution is 2.28. The van der Waals surface area contributed by atoms with Crippen molar-refractivity contribution >= 4 is 46.1 Å². The lowest BCUT2D eigenvalue weighted by Gasteiger charge is -2.08. The standard InChI is InChI=1S/C24H23ClN6O3/c1-15(32)26-11-12-28-23(33)21-14-19(9-10-27-21)34-18-7-8-22-20(13-18)30-24(31(22)2)29-17-5-3-16(25)4-6-17/h3-10,13-14H,11-12H2,1-2H3,(H,26,32)(H,28,33)(H,29,30). The predicted molar refractivity (Wildman–Crippen MR) is 131 cm³/mol. The summed E-state index contributed by atoms with van der Waals surface area (Å²) in [4.78, 5) is 32.0. The lowest BCUT2D eigenvalue weighted by Crippen LogP contribution is -2.33. The van der Waals surface area contributed by atoms with E-state index in [1.54, 1.807) is 12.1 Å². The summed E-state index contributed by atoms with van der Waals surface area (Å²) in [6.07, 6.45) is 1.51. The highest BCUT2D eigenvalue weighted by molar-refractivity contribution is 6.30. The van der Waals surface area contributed by atoms with Gasteiger partial charge < -0.3 is 25.3 Å². The molecule has 0 spiro atoms. The third kappa shape index (κ3) is 5.62. The van der Waals surface area contributed by atoms with E-state index in [-0.39, 0.29) is 17.5 Å². The van der Waals surface area contributed by atoms with Crippen molar-refractivity contribution < 1.29 is 14.3 Å². The fourth-order valence-corrected chi connectivity index (χ4v) is 3.38. The number of hydrogen-bond acceptors (Lipinski definition) is 6. The number of aromatic nitrogens is 3. The number of amides is 2. The minimum absolute atomic E-state index is 0.152. The molecule has 34 heavy (non-hydrogen) atoms. The predicted octanol–water partition coefficient (Wildman–Crippen LogP) is 4.02. The molecule has 174 valence electrons. The second kappa shape index (κ2) is 10.2. The van der Waals surface area contributed by atoms with Crippen LogP contribution in [0.5, 0.6) is 11.5 Å². The molecule has 0 fully saturated rings. The first-order chi connectivity index (χ1) is 16.4. The zero-order valence-electron chi connectivity index (χ0n) is 18.6. The summed E-state index contributed by atoms with van der Waals surface area (Å²) in [6, 6.07) is 16.2. The molecule has 4 rings (SSSR count). The highest BCUT2D eigenvalue weighted by atomic mass is 35.5. The highest BCUT2D eigenvalue weighted by Gasteiger charge is 2.12. The van der Waals surface area contributed by atoms with Crippen molar-refractivity contribution in [2.75, 3.05) is 18.4 Å². The Morgan fingerprint density at radius 2 is 1.74 bits per heavy atom. The molecule has 0 aliphatic rings. The van der Waals surface area contributed by atoms with Crippen LogP contribution in [0.3, 0.4) is 0 Å². The van der Waals surface area contributed by atoms with Gasteiger partial charge in [-0.3, -0.25) is 14.6 Å². The van der Waals surface area contributed by atoms with Gasteiger partial charge in [0.2, 0.25) is 11.9 Å². The Hall–Kier alpha value is -4.11. The number of ether oxygens (including phenoxy) is 1. The van der Waals surface area contributed by atoms with Gasteiger partial charge in [0.15, 0.2) is 0 Å². The van der Waals surface area contributed by atoms with Crippen LogP contribution >= 0.6 is 11.6 Å². The van der Waals surface area contributed by atoms with Crippen LogP contribution in [0.4, 0.5) is 11.6 Å². The molecular formula is C24H23ClN6O3. The van der Waals surface area contributed by atoms with Gasteiger partial charge in [0, 0.05) is 56.1 Å². The molecule has 2 heterocycles.